The third-order valence-corrected chi connectivity index (χ3v) is 4.15. The van der Waals surface area contributed by atoms with Crippen LogP contribution in [0.2, 0.25) is 5.02 Å². The first-order valence-electron chi connectivity index (χ1n) is 6.35. The number of hydrogen-bond acceptors (Lipinski definition) is 2. The summed E-state index contributed by atoms with van der Waals surface area (Å²) in [6.45, 7) is 2.02. The van der Waals surface area contributed by atoms with Crippen molar-refractivity contribution in [3.05, 3.63) is 62.6 Å². The fourth-order valence-electron chi connectivity index (χ4n) is 2.17. The molecule has 0 bridgehead atoms. The predicted octanol–water partition coefficient (Wildman–Crippen LogP) is 4.66. The molecule has 106 valence electrons. The van der Waals surface area contributed by atoms with Crippen molar-refractivity contribution in [3.8, 4) is 5.75 Å². The first-order chi connectivity index (χ1) is 9.51. The molecule has 2 nitrogen and oxygen atoms in total. The van der Waals surface area contributed by atoms with Crippen LogP contribution in [0.3, 0.4) is 0 Å². The molecule has 0 aliphatic rings. The molecule has 1 unspecified atom stereocenters. The van der Waals surface area contributed by atoms with E-state index < -0.39 is 0 Å². The summed E-state index contributed by atoms with van der Waals surface area (Å²) in [6.07, 6.45) is 0.706. The van der Waals surface area contributed by atoms with Crippen LogP contribution < -0.4 is 10.5 Å². The second-order valence-corrected chi connectivity index (χ2v) is 6.10. The summed E-state index contributed by atoms with van der Waals surface area (Å²) in [5.41, 5.74) is 9.51. The van der Waals surface area contributed by atoms with Crippen molar-refractivity contribution in [1.82, 2.24) is 0 Å². The summed E-state index contributed by atoms with van der Waals surface area (Å²) in [5, 5.41) is 0.736. The molecule has 2 aromatic rings. The van der Waals surface area contributed by atoms with Gasteiger partial charge in [0.2, 0.25) is 0 Å². The molecule has 0 fully saturated rings. The molecule has 2 rings (SSSR count). The van der Waals surface area contributed by atoms with E-state index in [-0.39, 0.29) is 6.04 Å². The molecule has 4 heteroatoms. The van der Waals surface area contributed by atoms with Crippen molar-refractivity contribution in [1.29, 1.82) is 0 Å². The highest BCUT2D eigenvalue weighted by Crippen LogP contribution is 2.27. The predicted molar refractivity (Wildman–Crippen MR) is 87.5 cm³/mol. The van der Waals surface area contributed by atoms with Gasteiger partial charge in [-0.1, -0.05) is 45.7 Å². The number of hydrogen-bond donors (Lipinski definition) is 1. The summed E-state index contributed by atoms with van der Waals surface area (Å²) in [7, 11) is 1.67. The Kier molecular flexibility index (Phi) is 5.08. The number of nitrogens with two attached hydrogens (primary N) is 1. The molecule has 0 spiro atoms. The molecule has 2 N–H and O–H groups in total. The topological polar surface area (TPSA) is 35.2 Å². The lowest BCUT2D eigenvalue weighted by molar-refractivity contribution is 0.411. The van der Waals surface area contributed by atoms with Gasteiger partial charge in [0.05, 0.1) is 7.11 Å². The minimum Gasteiger partial charge on any atom is -0.496 e. The van der Waals surface area contributed by atoms with E-state index in [1.807, 2.05) is 37.3 Å². The number of benzene rings is 2. The highest BCUT2D eigenvalue weighted by molar-refractivity contribution is 9.10. The highest BCUT2D eigenvalue weighted by atomic mass is 79.9. The second kappa shape index (κ2) is 6.61. The molecule has 0 radical (unpaired) electrons. The maximum Gasteiger partial charge on any atom is 0.121 e. The maximum atomic E-state index is 6.28. The van der Waals surface area contributed by atoms with Gasteiger partial charge in [-0.05, 0) is 48.2 Å². The minimum atomic E-state index is -0.0849. The van der Waals surface area contributed by atoms with Crippen LogP contribution in [0.25, 0.3) is 0 Å². The van der Waals surface area contributed by atoms with Gasteiger partial charge in [0.25, 0.3) is 0 Å². The molecule has 0 amide bonds. The first kappa shape index (κ1) is 15.4. The van der Waals surface area contributed by atoms with Crippen molar-refractivity contribution in [3.63, 3.8) is 0 Å². The standard InChI is InChI=1S/C16H17BrClNO/c1-10-7-12(4-6-16(10)20-2)15(19)8-11-3-5-13(17)9-14(11)18/h3-7,9,15H,8,19H2,1-2H3. The van der Waals surface area contributed by atoms with Crippen molar-refractivity contribution in [2.75, 3.05) is 7.11 Å². The second-order valence-electron chi connectivity index (χ2n) is 4.78. The largest absolute Gasteiger partial charge is 0.496 e. The van der Waals surface area contributed by atoms with Gasteiger partial charge in [-0.3, -0.25) is 0 Å². The average molecular weight is 355 g/mol. The van der Waals surface area contributed by atoms with Gasteiger partial charge in [0.15, 0.2) is 0 Å². The Labute approximate surface area is 133 Å². The Morgan fingerprint density at radius 1 is 1.25 bits per heavy atom. The van der Waals surface area contributed by atoms with E-state index >= 15 is 0 Å². The van der Waals surface area contributed by atoms with Crippen LogP contribution in [0.1, 0.15) is 22.7 Å². The minimum absolute atomic E-state index is 0.0849. The van der Waals surface area contributed by atoms with Crippen LogP contribution in [0.4, 0.5) is 0 Å². The summed E-state index contributed by atoms with van der Waals surface area (Å²) in [5.74, 6) is 0.877. The van der Waals surface area contributed by atoms with Gasteiger partial charge >= 0.3 is 0 Å². The molecule has 0 saturated heterocycles. The van der Waals surface area contributed by atoms with E-state index in [0.29, 0.717) is 6.42 Å². The Hall–Kier alpha value is -1.03. The summed E-state index contributed by atoms with van der Waals surface area (Å²) < 4.78 is 6.24. The quantitative estimate of drug-likeness (QED) is 0.866. The normalized spacial score (nSPS) is 12.2. The molecule has 0 aliphatic carbocycles. The zero-order valence-corrected chi connectivity index (χ0v) is 13.8. The van der Waals surface area contributed by atoms with Crippen LogP contribution in [0, 0.1) is 6.92 Å². The van der Waals surface area contributed by atoms with Gasteiger partial charge in [0, 0.05) is 15.5 Å². The third-order valence-electron chi connectivity index (χ3n) is 3.30. The van der Waals surface area contributed by atoms with Gasteiger partial charge in [-0.25, -0.2) is 0 Å². The Bertz CT molecular complexity index is 615. The Balaban J connectivity index is 2.19. The van der Waals surface area contributed by atoms with Crippen molar-refractivity contribution >= 4 is 27.5 Å². The number of aryl methyl sites for hydroxylation is 1. The van der Waals surface area contributed by atoms with Gasteiger partial charge < -0.3 is 10.5 Å². The number of methoxy groups -OCH3 is 1. The van der Waals surface area contributed by atoms with E-state index in [0.717, 1.165) is 31.9 Å². The average Bonchev–Trinajstić information content (AvgIpc) is 2.41. The van der Waals surface area contributed by atoms with Crippen molar-refractivity contribution < 1.29 is 4.74 Å². The molecule has 0 aliphatic heterocycles. The zero-order chi connectivity index (χ0) is 14.7. The van der Waals surface area contributed by atoms with Crippen LogP contribution in [0.5, 0.6) is 5.75 Å². The number of ether oxygens (including phenoxy) is 1. The lowest BCUT2D eigenvalue weighted by atomic mass is 9.98. The van der Waals surface area contributed by atoms with E-state index in [1.54, 1.807) is 7.11 Å². The van der Waals surface area contributed by atoms with Crippen LogP contribution in [0.15, 0.2) is 40.9 Å². The first-order valence-corrected chi connectivity index (χ1v) is 7.52. The molecule has 0 saturated carbocycles. The molecule has 1 atom stereocenters. The van der Waals surface area contributed by atoms with Gasteiger partial charge in [0.1, 0.15) is 5.75 Å². The number of rotatable bonds is 4. The third kappa shape index (κ3) is 3.54. The lowest BCUT2D eigenvalue weighted by Gasteiger charge is -2.15. The SMILES string of the molecule is COc1ccc(C(N)Cc2ccc(Br)cc2Cl)cc1C. The number of halogens is 2. The summed E-state index contributed by atoms with van der Waals surface area (Å²) >= 11 is 9.64. The van der Waals surface area contributed by atoms with Crippen LogP contribution in [-0.2, 0) is 6.42 Å². The zero-order valence-electron chi connectivity index (χ0n) is 11.5. The molecule has 2 aromatic carbocycles. The van der Waals surface area contributed by atoms with Crippen molar-refractivity contribution in [2.24, 2.45) is 5.73 Å². The fourth-order valence-corrected chi connectivity index (χ4v) is 2.92. The monoisotopic (exact) mass is 353 g/mol. The van der Waals surface area contributed by atoms with E-state index in [2.05, 4.69) is 22.0 Å². The van der Waals surface area contributed by atoms with Crippen LogP contribution in [-0.4, -0.2) is 7.11 Å². The highest BCUT2D eigenvalue weighted by Gasteiger charge is 2.11. The van der Waals surface area contributed by atoms with Gasteiger partial charge in [-0.15, -0.1) is 0 Å². The smallest absolute Gasteiger partial charge is 0.121 e. The van der Waals surface area contributed by atoms with Crippen LogP contribution >= 0.6 is 27.5 Å². The lowest BCUT2D eigenvalue weighted by Crippen LogP contribution is -2.13. The summed E-state index contributed by atoms with van der Waals surface area (Å²) in [6, 6.07) is 11.8. The van der Waals surface area contributed by atoms with E-state index in [1.165, 1.54) is 0 Å². The maximum absolute atomic E-state index is 6.28. The molecule has 0 aromatic heterocycles. The Morgan fingerprint density at radius 3 is 2.60 bits per heavy atom. The van der Waals surface area contributed by atoms with Crippen molar-refractivity contribution in [2.45, 2.75) is 19.4 Å². The molecular weight excluding hydrogens is 338 g/mol. The Morgan fingerprint density at radius 2 is 2.00 bits per heavy atom. The van der Waals surface area contributed by atoms with E-state index in [4.69, 9.17) is 22.1 Å². The summed E-state index contributed by atoms with van der Waals surface area (Å²) in [4.78, 5) is 0. The fraction of sp³-hybridized carbons (Fsp3) is 0.250. The molecule has 0 heterocycles. The van der Waals surface area contributed by atoms with E-state index in [9.17, 15) is 0 Å². The molecule has 20 heavy (non-hydrogen) atoms. The van der Waals surface area contributed by atoms with Gasteiger partial charge in [-0.2, -0.15) is 0 Å². The molecular formula is C16H17BrClNO.